The monoisotopic (exact) mass is 561 g/mol. The van der Waals surface area contributed by atoms with Crippen LogP contribution in [0.3, 0.4) is 0 Å². The fraction of sp³-hybridized carbons (Fsp3) is 0.207. The first-order valence-corrected chi connectivity index (χ1v) is 13.3. The number of carbonyl (C=O) groups is 2. The van der Waals surface area contributed by atoms with Crippen molar-refractivity contribution in [1.82, 2.24) is 4.90 Å². The molecule has 0 bridgehead atoms. The maximum Gasteiger partial charge on any atom is 0.338 e. The van der Waals surface area contributed by atoms with Crippen molar-refractivity contribution in [2.45, 2.75) is 20.5 Å². The summed E-state index contributed by atoms with van der Waals surface area (Å²) in [5, 5.41) is 11.3. The molecule has 0 unspecified atom stereocenters. The van der Waals surface area contributed by atoms with E-state index in [1.165, 1.54) is 28.8 Å². The number of aliphatic imine (C=N–C) groups is 1. The van der Waals surface area contributed by atoms with Crippen LogP contribution in [0.1, 0.15) is 35.3 Å². The zero-order valence-corrected chi connectivity index (χ0v) is 23.0. The standard InChI is InChI=1S/C29H27N3O7S/c1-4-37-25-15-20(11-14-24(25)39-18-19-9-12-23(13-10-19)32(35)36)16-26-27(33)31(3)29(40-26)30-22-8-6-7-21(17-22)28(34)38-5-2/h6-17H,4-5,18H2,1-3H3. The van der Waals surface area contributed by atoms with Crippen LogP contribution in [0.4, 0.5) is 11.4 Å². The SMILES string of the molecule is CCOC(=O)c1cccc(N=C2SC(=Cc3ccc(OCc4ccc([N+](=O)[O-])cc4)c(OCC)c3)C(=O)N2C)c1. The van der Waals surface area contributed by atoms with Gasteiger partial charge in [-0.15, -0.1) is 0 Å². The lowest BCUT2D eigenvalue weighted by molar-refractivity contribution is -0.384. The second-order valence-electron chi connectivity index (χ2n) is 8.49. The molecule has 0 aliphatic carbocycles. The molecular formula is C29H27N3O7S. The highest BCUT2D eigenvalue weighted by Gasteiger charge is 2.30. The summed E-state index contributed by atoms with van der Waals surface area (Å²) in [6, 6.07) is 18.2. The summed E-state index contributed by atoms with van der Waals surface area (Å²) in [6.45, 7) is 4.49. The van der Waals surface area contributed by atoms with E-state index in [4.69, 9.17) is 14.2 Å². The second-order valence-corrected chi connectivity index (χ2v) is 9.50. The van der Waals surface area contributed by atoms with E-state index in [2.05, 4.69) is 4.99 Å². The molecule has 0 radical (unpaired) electrons. The summed E-state index contributed by atoms with van der Waals surface area (Å²) < 4.78 is 16.7. The Labute approximate surface area is 235 Å². The number of amides is 1. The Hall–Kier alpha value is -4.64. The van der Waals surface area contributed by atoms with Gasteiger partial charge in [0.2, 0.25) is 0 Å². The van der Waals surface area contributed by atoms with Crippen molar-refractivity contribution in [1.29, 1.82) is 0 Å². The zero-order valence-electron chi connectivity index (χ0n) is 22.2. The number of rotatable bonds is 10. The molecule has 1 fully saturated rings. The molecule has 0 saturated carbocycles. The van der Waals surface area contributed by atoms with Gasteiger partial charge in [-0.05, 0) is 85.3 Å². The lowest BCUT2D eigenvalue weighted by Crippen LogP contribution is -2.23. The van der Waals surface area contributed by atoms with E-state index in [0.29, 0.717) is 39.4 Å². The number of amidine groups is 1. The molecular weight excluding hydrogens is 534 g/mol. The number of non-ortho nitro benzene ring substituents is 1. The second kappa shape index (κ2) is 12.9. The number of ether oxygens (including phenoxy) is 3. The number of hydrogen-bond acceptors (Lipinski definition) is 9. The van der Waals surface area contributed by atoms with Crippen LogP contribution in [0.25, 0.3) is 6.08 Å². The smallest absolute Gasteiger partial charge is 0.338 e. The van der Waals surface area contributed by atoms with Gasteiger partial charge < -0.3 is 14.2 Å². The van der Waals surface area contributed by atoms with E-state index in [9.17, 15) is 19.7 Å². The fourth-order valence-corrected chi connectivity index (χ4v) is 4.69. The first kappa shape index (κ1) is 28.4. The fourth-order valence-electron chi connectivity index (χ4n) is 3.71. The maximum absolute atomic E-state index is 13.0. The molecule has 206 valence electrons. The van der Waals surface area contributed by atoms with Gasteiger partial charge in [0, 0.05) is 19.2 Å². The number of nitrogens with zero attached hydrogens (tertiary/aromatic N) is 3. The van der Waals surface area contributed by atoms with Crippen molar-refractivity contribution in [2.24, 2.45) is 4.99 Å². The lowest BCUT2D eigenvalue weighted by atomic mass is 10.1. The molecule has 3 aromatic rings. The Morgan fingerprint density at radius 3 is 2.50 bits per heavy atom. The molecule has 1 saturated heterocycles. The number of nitro benzene ring substituents is 1. The van der Waals surface area contributed by atoms with Crippen LogP contribution in [-0.2, 0) is 16.1 Å². The van der Waals surface area contributed by atoms with Crippen LogP contribution in [0.2, 0.25) is 0 Å². The minimum atomic E-state index is -0.450. The predicted octanol–water partition coefficient (Wildman–Crippen LogP) is 5.98. The Balaban J connectivity index is 1.51. The Morgan fingerprint density at radius 2 is 1.80 bits per heavy atom. The number of benzene rings is 3. The third kappa shape index (κ3) is 6.86. The molecule has 1 amide bonds. The summed E-state index contributed by atoms with van der Waals surface area (Å²) >= 11 is 1.23. The van der Waals surface area contributed by atoms with Gasteiger partial charge in [0.05, 0.1) is 34.3 Å². The zero-order chi connectivity index (χ0) is 28.6. The molecule has 0 spiro atoms. The summed E-state index contributed by atoms with van der Waals surface area (Å²) in [4.78, 5) is 41.9. The minimum Gasteiger partial charge on any atom is -0.490 e. The van der Waals surface area contributed by atoms with Gasteiger partial charge in [-0.3, -0.25) is 19.8 Å². The predicted molar refractivity (Wildman–Crippen MR) is 153 cm³/mol. The van der Waals surface area contributed by atoms with Gasteiger partial charge in [-0.2, -0.15) is 0 Å². The molecule has 10 nitrogen and oxygen atoms in total. The third-order valence-corrected chi connectivity index (χ3v) is 6.75. The van der Waals surface area contributed by atoms with Crippen LogP contribution in [0.15, 0.2) is 76.6 Å². The average Bonchev–Trinajstić information content (AvgIpc) is 3.20. The topological polar surface area (TPSA) is 121 Å². The number of carbonyl (C=O) groups excluding carboxylic acids is 2. The molecule has 1 aliphatic heterocycles. The molecule has 1 aliphatic rings. The molecule has 0 N–H and O–H groups in total. The number of hydrogen-bond donors (Lipinski definition) is 0. The normalized spacial score (nSPS) is 15.0. The van der Waals surface area contributed by atoms with Gasteiger partial charge in [0.15, 0.2) is 16.7 Å². The van der Waals surface area contributed by atoms with Crippen molar-refractivity contribution in [3.05, 3.63) is 98.4 Å². The number of nitro groups is 1. The summed E-state index contributed by atoms with van der Waals surface area (Å²) in [5.41, 5.74) is 2.44. The van der Waals surface area contributed by atoms with Gasteiger partial charge >= 0.3 is 5.97 Å². The van der Waals surface area contributed by atoms with E-state index in [0.717, 1.165) is 11.1 Å². The van der Waals surface area contributed by atoms with E-state index in [-0.39, 0.29) is 24.8 Å². The van der Waals surface area contributed by atoms with E-state index in [1.807, 2.05) is 13.0 Å². The number of likely N-dealkylation sites (N-methyl/N-ethyl adjacent to an activating group) is 1. The van der Waals surface area contributed by atoms with Gasteiger partial charge in [0.1, 0.15) is 6.61 Å². The Bertz CT molecular complexity index is 1490. The molecule has 0 aromatic heterocycles. The van der Waals surface area contributed by atoms with Gasteiger partial charge in [-0.25, -0.2) is 9.79 Å². The van der Waals surface area contributed by atoms with Crippen molar-refractivity contribution < 1.29 is 28.7 Å². The summed E-state index contributed by atoms with van der Waals surface area (Å²) in [7, 11) is 1.64. The molecule has 4 rings (SSSR count). The Kier molecular flexibility index (Phi) is 9.18. The van der Waals surface area contributed by atoms with Crippen LogP contribution < -0.4 is 9.47 Å². The Morgan fingerprint density at radius 1 is 1.02 bits per heavy atom. The molecule has 0 atom stereocenters. The van der Waals surface area contributed by atoms with Crippen LogP contribution in [-0.4, -0.2) is 47.1 Å². The highest BCUT2D eigenvalue weighted by molar-refractivity contribution is 8.18. The first-order chi connectivity index (χ1) is 19.3. The van der Waals surface area contributed by atoms with E-state index < -0.39 is 10.9 Å². The first-order valence-electron chi connectivity index (χ1n) is 12.5. The number of esters is 1. The van der Waals surface area contributed by atoms with Crippen molar-refractivity contribution in [3.8, 4) is 11.5 Å². The molecule has 3 aromatic carbocycles. The van der Waals surface area contributed by atoms with Crippen molar-refractivity contribution in [2.75, 3.05) is 20.3 Å². The van der Waals surface area contributed by atoms with Crippen molar-refractivity contribution in [3.63, 3.8) is 0 Å². The number of thioether (sulfide) groups is 1. The van der Waals surface area contributed by atoms with Crippen LogP contribution >= 0.6 is 11.8 Å². The van der Waals surface area contributed by atoms with Gasteiger partial charge in [0.25, 0.3) is 11.6 Å². The summed E-state index contributed by atoms with van der Waals surface area (Å²) in [5.74, 6) is 0.376. The molecule has 11 heteroatoms. The largest absolute Gasteiger partial charge is 0.490 e. The minimum absolute atomic E-state index is 0.0134. The maximum atomic E-state index is 13.0. The highest BCUT2D eigenvalue weighted by Crippen LogP contribution is 2.35. The lowest BCUT2D eigenvalue weighted by Gasteiger charge is -2.13. The van der Waals surface area contributed by atoms with Crippen LogP contribution in [0, 0.1) is 10.1 Å². The van der Waals surface area contributed by atoms with Crippen molar-refractivity contribution >= 4 is 46.3 Å². The summed E-state index contributed by atoms with van der Waals surface area (Å²) in [6.07, 6.45) is 1.75. The molecule has 1 heterocycles. The van der Waals surface area contributed by atoms with E-state index in [1.54, 1.807) is 68.6 Å². The van der Waals surface area contributed by atoms with E-state index >= 15 is 0 Å². The quantitative estimate of drug-likeness (QED) is 0.128. The third-order valence-electron chi connectivity index (χ3n) is 5.69. The van der Waals surface area contributed by atoms with Gasteiger partial charge in [-0.1, -0.05) is 12.1 Å². The van der Waals surface area contributed by atoms with Crippen LogP contribution in [0.5, 0.6) is 11.5 Å². The highest BCUT2D eigenvalue weighted by atomic mass is 32.2. The molecule has 40 heavy (non-hydrogen) atoms. The average molecular weight is 562 g/mol.